The number of aromatic nitrogens is 1. The van der Waals surface area contributed by atoms with Gasteiger partial charge in [-0.05, 0) is 56.0 Å². The van der Waals surface area contributed by atoms with E-state index < -0.39 is 0 Å². The zero-order valence-corrected chi connectivity index (χ0v) is 12.1. The molecular weight excluding hydrogens is 258 g/mol. The highest BCUT2D eigenvalue weighted by Crippen LogP contribution is 2.15. The van der Waals surface area contributed by atoms with Gasteiger partial charge in [-0.15, -0.1) is 0 Å². The van der Waals surface area contributed by atoms with E-state index in [0.717, 1.165) is 23.6 Å². The number of aromatic amines is 1. The van der Waals surface area contributed by atoms with E-state index in [1.54, 1.807) is 6.92 Å². The summed E-state index contributed by atoms with van der Waals surface area (Å²) in [4.78, 5) is 14.5. The van der Waals surface area contributed by atoms with Crippen LogP contribution in [-0.4, -0.2) is 10.8 Å². The van der Waals surface area contributed by atoms with Crippen LogP contribution in [0, 0.1) is 6.92 Å². The number of nitrogens with one attached hydrogen (secondary N) is 1. The number of halogens is 1. The van der Waals surface area contributed by atoms with Crippen LogP contribution in [0.15, 0.2) is 30.3 Å². The van der Waals surface area contributed by atoms with Crippen LogP contribution in [0.1, 0.15) is 29.4 Å². The molecule has 2 rings (SSSR count). The van der Waals surface area contributed by atoms with Crippen molar-refractivity contribution in [3.05, 3.63) is 57.9 Å². The third kappa shape index (κ3) is 3.97. The van der Waals surface area contributed by atoms with Crippen LogP contribution in [-0.2, 0) is 24.1 Å². The number of ketones is 1. The van der Waals surface area contributed by atoms with Crippen molar-refractivity contribution in [3.8, 4) is 0 Å². The fourth-order valence-electron chi connectivity index (χ4n) is 2.22. The van der Waals surface area contributed by atoms with Gasteiger partial charge in [0.1, 0.15) is 5.78 Å². The molecule has 0 aliphatic heterocycles. The normalized spacial score (nSPS) is 10.7. The second kappa shape index (κ2) is 6.07. The Morgan fingerprint density at radius 1 is 1.21 bits per heavy atom. The van der Waals surface area contributed by atoms with E-state index in [1.807, 2.05) is 12.1 Å². The van der Waals surface area contributed by atoms with Gasteiger partial charge in [-0.1, -0.05) is 23.7 Å². The van der Waals surface area contributed by atoms with Crippen LogP contribution in [0.5, 0.6) is 0 Å². The molecule has 0 aliphatic rings. The monoisotopic (exact) mass is 275 g/mol. The van der Waals surface area contributed by atoms with Crippen molar-refractivity contribution < 1.29 is 4.79 Å². The summed E-state index contributed by atoms with van der Waals surface area (Å²) in [6.45, 7) is 3.70. The van der Waals surface area contributed by atoms with Crippen molar-refractivity contribution in [1.29, 1.82) is 0 Å². The molecule has 100 valence electrons. The fraction of sp³-hybridized carbons (Fsp3) is 0.312. The van der Waals surface area contributed by atoms with Crippen molar-refractivity contribution >= 4 is 17.4 Å². The van der Waals surface area contributed by atoms with Gasteiger partial charge < -0.3 is 4.98 Å². The molecule has 19 heavy (non-hydrogen) atoms. The molecule has 3 heteroatoms. The molecule has 0 spiro atoms. The molecule has 0 saturated carbocycles. The smallest absolute Gasteiger partial charge is 0.135 e. The Labute approximate surface area is 118 Å². The molecule has 0 unspecified atom stereocenters. The van der Waals surface area contributed by atoms with Crippen LogP contribution >= 0.6 is 11.6 Å². The number of carbonyl (C=O) groups excluding carboxylic acids is 1. The predicted octanol–water partition coefficient (Wildman–Crippen LogP) is 3.89. The Bertz CT molecular complexity index is 569. The molecule has 2 aromatic rings. The minimum atomic E-state index is 0.186. The van der Waals surface area contributed by atoms with E-state index in [-0.39, 0.29) is 5.78 Å². The highest BCUT2D eigenvalue weighted by molar-refractivity contribution is 6.30. The molecule has 0 aliphatic carbocycles. The highest BCUT2D eigenvalue weighted by Gasteiger charge is 2.06. The number of benzene rings is 1. The fourth-order valence-corrected chi connectivity index (χ4v) is 2.35. The molecule has 0 radical (unpaired) electrons. The van der Waals surface area contributed by atoms with Crippen molar-refractivity contribution in [1.82, 2.24) is 4.98 Å². The van der Waals surface area contributed by atoms with Gasteiger partial charge in [-0.2, -0.15) is 0 Å². The molecule has 1 aromatic carbocycles. The summed E-state index contributed by atoms with van der Waals surface area (Å²) in [7, 11) is 0. The Morgan fingerprint density at radius 2 is 1.89 bits per heavy atom. The molecule has 0 fully saturated rings. The van der Waals surface area contributed by atoms with E-state index >= 15 is 0 Å². The van der Waals surface area contributed by atoms with Crippen LogP contribution < -0.4 is 0 Å². The Morgan fingerprint density at radius 3 is 2.53 bits per heavy atom. The largest absolute Gasteiger partial charge is 0.362 e. The number of carbonyl (C=O) groups is 1. The van der Waals surface area contributed by atoms with E-state index in [2.05, 4.69) is 30.1 Å². The second-order valence-corrected chi connectivity index (χ2v) is 5.40. The molecule has 1 N–H and O–H groups in total. The molecule has 0 saturated heterocycles. The average Bonchev–Trinajstić information content (AvgIpc) is 2.68. The van der Waals surface area contributed by atoms with Crippen molar-refractivity contribution in [2.45, 2.75) is 33.1 Å². The Kier molecular flexibility index (Phi) is 4.43. The lowest BCUT2D eigenvalue weighted by Gasteiger charge is -2.02. The summed E-state index contributed by atoms with van der Waals surface area (Å²) < 4.78 is 0. The summed E-state index contributed by atoms with van der Waals surface area (Å²) in [6, 6.07) is 10.0. The second-order valence-electron chi connectivity index (χ2n) is 4.96. The molecule has 1 aromatic heterocycles. The summed E-state index contributed by atoms with van der Waals surface area (Å²) in [6.07, 6.45) is 2.41. The average molecular weight is 276 g/mol. The quantitative estimate of drug-likeness (QED) is 0.882. The van der Waals surface area contributed by atoms with E-state index in [4.69, 9.17) is 11.6 Å². The van der Waals surface area contributed by atoms with Crippen LogP contribution in [0.3, 0.4) is 0 Å². The van der Waals surface area contributed by atoms with Crippen molar-refractivity contribution in [2.24, 2.45) is 0 Å². The molecule has 0 bridgehead atoms. The van der Waals surface area contributed by atoms with Gasteiger partial charge in [0.05, 0.1) is 0 Å². The first-order valence-electron chi connectivity index (χ1n) is 6.46. The first-order chi connectivity index (χ1) is 9.04. The first kappa shape index (κ1) is 13.9. The Balaban J connectivity index is 2.01. The van der Waals surface area contributed by atoms with Gasteiger partial charge in [-0.25, -0.2) is 0 Å². The number of hydrogen-bond donors (Lipinski definition) is 1. The molecule has 1 heterocycles. The number of rotatable bonds is 5. The molecular formula is C16H18ClNO. The lowest BCUT2D eigenvalue weighted by atomic mass is 10.1. The van der Waals surface area contributed by atoms with E-state index in [0.29, 0.717) is 6.42 Å². The maximum Gasteiger partial charge on any atom is 0.135 e. The third-order valence-corrected chi connectivity index (χ3v) is 3.45. The van der Waals surface area contributed by atoms with Gasteiger partial charge >= 0.3 is 0 Å². The number of Topliss-reactive ketones (excluding diaryl/α,β-unsaturated/α-hetero) is 1. The highest BCUT2D eigenvalue weighted by atomic mass is 35.5. The molecule has 2 nitrogen and oxygen atoms in total. The SMILES string of the molecule is CC(=O)Cc1cc(C)c(CCc2ccc(Cl)cc2)[nH]1. The van der Waals surface area contributed by atoms with Crippen LogP contribution in [0.25, 0.3) is 0 Å². The Hall–Kier alpha value is -1.54. The maximum atomic E-state index is 11.1. The zero-order chi connectivity index (χ0) is 13.8. The zero-order valence-electron chi connectivity index (χ0n) is 11.3. The molecule has 0 amide bonds. The predicted molar refractivity (Wildman–Crippen MR) is 78.8 cm³/mol. The van der Waals surface area contributed by atoms with E-state index in [1.165, 1.54) is 16.8 Å². The maximum absolute atomic E-state index is 11.1. The van der Waals surface area contributed by atoms with Gasteiger partial charge in [0.2, 0.25) is 0 Å². The van der Waals surface area contributed by atoms with Gasteiger partial charge in [0, 0.05) is 22.8 Å². The van der Waals surface area contributed by atoms with E-state index in [9.17, 15) is 4.79 Å². The summed E-state index contributed by atoms with van der Waals surface area (Å²) >= 11 is 5.87. The first-order valence-corrected chi connectivity index (χ1v) is 6.83. The number of hydrogen-bond acceptors (Lipinski definition) is 1. The summed E-state index contributed by atoms with van der Waals surface area (Å²) in [5.74, 6) is 0.186. The summed E-state index contributed by atoms with van der Waals surface area (Å²) in [5, 5.41) is 0.767. The van der Waals surface area contributed by atoms with Crippen molar-refractivity contribution in [3.63, 3.8) is 0 Å². The minimum absolute atomic E-state index is 0.186. The number of H-pyrrole nitrogens is 1. The number of aryl methyl sites for hydroxylation is 3. The van der Waals surface area contributed by atoms with Crippen LogP contribution in [0.2, 0.25) is 5.02 Å². The lowest BCUT2D eigenvalue weighted by Crippen LogP contribution is -1.97. The van der Waals surface area contributed by atoms with Gasteiger partial charge in [0.25, 0.3) is 0 Å². The summed E-state index contributed by atoms with van der Waals surface area (Å²) in [5.41, 5.74) is 4.72. The molecule has 0 atom stereocenters. The lowest BCUT2D eigenvalue weighted by molar-refractivity contribution is -0.116. The van der Waals surface area contributed by atoms with Gasteiger partial charge in [-0.3, -0.25) is 4.79 Å². The van der Waals surface area contributed by atoms with Crippen LogP contribution in [0.4, 0.5) is 0 Å². The topological polar surface area (TPSA) is 32.9 Å². The van der Waals surface area contributed by atoms with Crippen molar-refractivity contribution in [2.75, 3.05) is 0 Å². The minimum Gasteiger partial charge on any atom is -0.362 e. The standard InChI is InChI=1S/C16H18ClNO/c1-11-9-15(10-12(2)19)18-16(11)8-5-13-3-6-14(17)7-4-13/h3-4,6-7,9,18H,5,8,10H2,1-2H3. The third-order valence-electron chi connectivity index (χ3n) is 3.19. The van der Waals surface area contributed by atoms with Gasteiger partial charge in [0.15, 0.2) is 0 Å².